The molecule has 0 aliphatic carbocycles. The van der Waals surface area contributed by atoms with E-state index in [0.717, 1.165) is 0 Å². The zero-order valence-corrected chi connectivity index (χ0v) is 18.9. The second-order valence-corrected chi connectivity index (χ2v) is 9.47. The quantitative estimate of drug-likeness (QED) is 0.567. The fourth-order valence-corrected chi connectivity index (χ4v) is 4.34. The van der Waals surface area contributed by atoms with Gasteiger partial charge in [-0.3, -0.25) is 9.59 Å². The van der Waals surface area contributed by atoms with Gasteiger partial charge in [0, 0.05) is 15.7 Å². The molecule has 0 bridgehead atoms. The molecular formula is C20H22Cl2N2O5S. The Morgan fingerprint density at radius 1 is 0.967 bits per heavy atom. The van der Waals surface area contributed by atoms with Crippen molar-refractivity contribution in [1.29, 1.82) is 0 Å². The maximum Gasteiger partial charge on any atom is 0.325 e. The third-order valence-corrected chi connectivity index (χ3v) is 5.94. The summed E-state index contributed by atoms with van der Waals surface area (Å²) in [5.74, 6) is -1.90. The van der Waals surface area contributed by atoms with Gasteiger partial charge in [0.1, 0.15) is 6.04 Å². The van der Waals surface area contributed by atoms with E-state index in [-0.39, 0.29) is 4.90 Å². The Bertz CT molecular complexity index is 993. The lowest BCUT2D eigenvalue weighted by Gasteiger charge is -2.23. The first-order valence-corrected chi connectivity index (χ1v) is 11.3. The van der Waals surface area contributed by atoms with Gasteiger partial charge in [0.25, 0.3) is 5.91 Å². The predicted octanol–water partition coefficient (Wildman–Crippen LogP) is 3.87. The van der Waals surface area contributed by atoms with E-state index in [1.165, 1.54) is 37.3 Å². The Morgan fingerprint density at radius 2 is 1.53 bits per heavy atom. The van der Waals surface area contributed by atoms with Crippen LogP contribution in [0, 0.1) is 5.92 Å². The molecule has 162 valence electrons. The number of amides is 1. The van der Waals surface area contributed by atoms with Crippen LogP contribution in [0.2, 0.25) is 10.0 Å². The molecule has 0 aliphatic heterocycles. The number of rotatable bonds is 8. The van der Waals surface area contributed by atoms with Crippen molar-refractivity contribution in [3.05, 3.63) is 58.6 Å². The monoisotopic (exact) mass is 472 g/mol. The number of benzene rings is 2. The molecule has 2 rings (SSSR count). The number of ether oxygens (including phenoxy) is 1. The van der Waals surface area contributed by atoms with Gasteiger partial charge in [-0.2, -0.15) is 4.72 Å². The summed E-state index contributed by atoms with van der Waals surface area (Å²) in [5.41, 5.74) is 0.339. The van der Waals surface area contributed by atoms with Crippen molar-refractivity contribution in [2.24, 2.45) is 5.92 Å². The van der Waals surface area contributed by atoms with Crippen molar-refractivity contribution in [3.8, 4) is 0 Å². The summed E-state index contributed by atoms with van der Waals surface area (Å²) in [6, 6.07) is 11.0. The number of hydrogen-bond acceptors (Lipinski definition) is 5. The second kappa shape index (κ2) is 10.3. The summed E-state index contributed by atoms with van der Waals surface area (Å²) in [5, 5.41) is 3.21. The molecule has 2 N–H and O–H groups in total. The van der Waals surface area contributed by atoms with Crippen molar-refractivity contribution in [2.75, 3.05) is 5.32 Å². The topological polar surface area (TPSA) is 102 Å². The van der Waals surface area contributed by atoms with E-state index in [4.69, 9.17) is 27.9 Å². The SMILES string of the molecule is CC(C)[C@H](NS(=O)(=O)c1ccccc1)C(=O)O[C@H](C)C(=O)Nc1cc(Cl)cc(Cl)c1. The van der Waals surface area contributed by atoms with Gasteiger partial charge in [-0.25, -0.2) is 8.42 Å². The van der Waals surface area contributed by atoms with Gasteiger partial charge in [0.2, 0.25) is 10.0 Å². The van der Waals surface area contributed by atoms with E-state index in [1.54, 1.807) is 32.0 Å². The first-order valence-electron chi connectivity index (χ1n) is 9.04. The van der Waals surface area contributed by atoms with Crippen LogP contribution in [0.5, 0.6) is 0 Å². The third-order valence-electron chi connectivity index (χ3n) is 4.05. The van der Waals surface area contributed by atoms with E-state index in [2.05, 4.69) is 10.0 Å². The van der Waals surface area contributed by atoms with Crippen molar-refractivity contribution in [1.82, 2.24) is 4.72 Å². The molecule has 0 unspecified atom stereocenters. The minimum absolute atomic E-state index is 0.0204. The lowest BCUT2D eigenvalue weighted by atomic mass is 10.1. The van der Waals surface area contributed by atoms with Gasteiger partial charge in [0.15, 0.2) is 6.10 Å². The van der Waals surface area contributed by atoms with Crippen LogP contribution in [0.15, 0.2) is 53.4 Å². The summed E-state index contributed by atoms with van der Waals surface area (Å²) in [4.78, 5) is 25.0. The molecule has 0 saturated heterocycles. The van der Waals surface area contributed by atoms with Gasteiger partial charge in [-0.05, 0) is 43.2 Å². The van der Waals surface area contributed by atoms with Gasteiger partial charge in [0.05, 0.1) is 4.90 Å². The van der Waals surface area contributed by atoms with Gasteiger partial charge >= 0.3 is 5.97 Å². The average molecular weight is 473 g/mol. The Labute approximate surface area is 185 Å². The fraction of sp³-hybridized carbons (Fsp3) is 0.300. The van der Waals surface area contributed by atoms with E-state index < -0.39 is 40.0 Å². The van der Waals surface area contributed by atoms with Crippen molar-refractivity contribution in [3.63, 3.8) is 0 Å². The summed E-state index contributed by atoms with van der Waals surface area (Å²) in [6.07, 6.45) is -1.18. The molecule has 0 spiro atoms. The first-order chi connectivity index (χ1) is 14.0. The number of halogens is 2. The van der Waals surface area contributed by atoms with Crippen LogP contribution >= 0.6 is 23.2 Å². The summed E-state index contributed by atoms with van der Waals surface area (Å²) in [6.45, 7) is 4.71. The maximum absolute atomic E-state index is 12.6. The molecule has 0 aliphatic rings. The Hall–Kier alpha value is -2.13. The van der Waals surface area contributed by atoms with Gasteiger partial charge < -0.3 is 10.1 Å². The maximum atomic E-state index is 12.6. The lowest BCUT2D eigenvalue weighted by molar-refractivity contribution is -0.155. The van der Waals surface area contributed by atoms with Crippen molar-refractivity contribution >= 4 is 50.8 Å². The third kappa shape index (κ3) is 6.70. The molecule has 0 fully saturated rings. The highest BCUT2D eigenvalue weighted by Gasteiger charge is 2.31. The molecule has 0 heterocycles. The van der Waals surface area contributed by atoms with Crippen LogP contribution in [-0.4, -0.2) is 32.4 Å². The van der Waals surface area contributed by atoms with E-state index in [9.17, 15) is 18.0 Å². The predicted molar refractivity (Wildman–Crippen MR) is 116 cm³/mol. The number of sulfonamides is 1. The standard InChI is InChI=1S/C20H22Cl2N2O5S/c1-12(2)18(24-30(27,28)17-7-5-4-6-8-17)20(26)29-13(3)19(25)23-16-10-14(21)9-15(22)11-16/h4-13,18,24H,1-3H3,(H,23,25)/t13-,18+/m1/s1. The van der Waals surface area contributed by atoms with Crippen LogP contribution in [0.3, 0.4) is 0 Å². The summed E-state index contributed by atoms with van der Waals surface area (Å²) in [7, 11) is -3.94. The van der Waals surface area contributed by atoms with Crippen LogP contribution in [-0.2, 0) is 24.3 Å². The smallest absolute Gasteiger partial charge is 0.325 e. The molecule has 0 radical (unpaired) electrons. The van der Waals surface area contributed by atoms with E-state index >= 15 is 0 Å². The normalized spacial score (nSPS) is 13.5. The highest BCUT2D eigenvalue weighted by atomic mass is 35.5. The van der Waals surface area contributed by atoms with Crippen LogP contribution in [0.1, 0.15) is 20.8 Å². The van der Waals surface area contributed by atoms with E-state index in [0.29, 0.717) is 15.7 Å². The number of hydrogen-bond donors (Lipinski definition) is 2. The Balaban J connectivity index is 2.07. The average Bonchev–Trinajstić information content (AvgIpc) is 2.65. The molecule has 2 aromatic rings. The van der Waals surface area contributed by atoms with Crippen LogP contribution in [0.4, 0.5) is 5.69 Å². The van der Waals surface area contributed by atoms with Crippen LogP contribution in [0.25, 0.3) is 0 Å². The van der Waals surface area contributed by atoms with Gasteiger partial charge in [-0.1, -0.05) is 55.2 Å². The van der Waals surface area contributed by atoms with Crippen molar-refractivity contribution < 1.29 is 22.7 Å². The fourth-order valence-electron chi connectivity index (χ4n) is 2.46. The van der Waals surface area contributed by atoms with Crippen LogP contribution < -0.4 is 10.0 Å². The summed E-state index contributed by atoms with van der Waals surface area (Å²) < 4.78 is 32.7. The zero-order chi connectivity index (χ0) is 22.5. The number of carbonyl (C=O) groups excluding carboxylic acids is 2. The number of anilines is 1. The molecule has 0 aromatic heterocycles. The number of esters is 1. The van der Waals surface area contributed by atoms with Gasteiger partial charge in [-0.15, -0.1) is 0 Å². The highest BCUT2D eigenvalue weighted by Crippen LogP contribution is 2.22. The Morgan fingerprint density at radius 3 is 2.07 bits per heavy atom. The second-order valence-electron chi connectivity index (χ2n) is 6.88. The number of nitrogens with one attached hydrogen (secondary N) is 2. The zero-order valence-electron chi connectivity index (χ0n) is 16.6. The Kier molecular flexibility index (Phi) is 8.25. The molecular weight excluding hydrogens is 451 g/mol. The lowest BCUT2D eigenvalue weighted by Crippen LogP contribution is -2.47. The molecule has 7 nitrogen and oxygen atoms in total. The minimum Gasteiger partial charge on any atom is -0.451 e. The minimum atomic E-state index is -3.94. The largest absolute Gasteiger partial charge is 0.451 e. The first kappa shape index (κ1) is 24.1. The molecule has 2 atom stereocenters. The van der Waals surface area contributed by atoms with Crippen molar-refractivity contribution in [2.45, 2.75) is 37.8 Å². The molecule has 10 heteroatoms. The molecule has 2 aromatic carbocycles. The molecule has 1 amide bonds. The van der Waals surface area contributed by atoms with E-state index in [1.807, 2.05) is 0 Å². The number of carbonyl (C=O) groups is 2. The summed E-state index contributed by atoms with van der Waals surface area (Å²) >= 11 is 11.8. The molecule has 0 saturated carbocycles. The highest BCUT2D eigenvalue weighted by molar-refractivity contribution is 7.89. The molecule has 30 heavy (non-hydrogen) atoms.